The Kier molecular flexibility index (Phi) is 2.65. The number of halogens is 5. The van der Waals surface area contributed by atoms with Crippen LogP contribution in [0.2, 0.25) is 0 Å². The highest BCUT2D eigenvalue weighted by Gasteiger charge is 2.28. The van der Waals surface area contributed by atoms with E-state index in [1.807, 2.05) is 0 Å². The molecule has 1 aromatic rings. The maximum absolute atomic E-state index is 12.6. The molecule has 0 saturated carbocycles. The first kappa shape index (κ1) is 9.82. The zero-order chi connectivity index (χ0) is 9.35. The van der Waals surface area contributed by atoms with Gasteiger partial charge in [-0.1, -0.05) is 11.5 Å². The fourth-order valence-electron chi connectivity index (χ4n) is 0.765. The van der Waals surface area contributed by atoms with E-state index in [2.05, 4.69) is 0 Å². The van der Waals surface area contributed by atoms with E-state index in [-0.39, 0.29) is 0 Å². The molecule has 6 heteroatoms. The van der Waals surface area contributed by atoms with E-state index >= 15 is 0 Å². The van der Waals surface area contributed by atoms with Gasteiger partial charge >= 0.3 is 6.98 Å². The SMILES string of the molecule is Fc1ccc(I)cc1[B-](F)(F)F. The minimum atomic E-state index is -5.23. The van der Waals surface area contributed by atoms with Crippen molar-refractivity contribution >= 4 is 35.0 Å². The van der Waals surface area contributed by atoms with Gasteiger partial charge in [-0.05, 0) is 34.7 Å². The molecule has 0 amide bonds. The van der Waals surface area contributed by atoms with Crippen LogP contribution in [0.15, 0.2) is 18.2 Å². The van der Waals surface area contributed by atoms with Crippen molar-refractivity contribution in [2.24, 2.45) is 0 Å². The molecule has 12 heavy (non-hydrogen) atoms. The summed E-state index contributed by atoms with van der Waals surface area (Å²) in [6.07, 6.45) is 0. The van der Waals surface area contributed by atoms with Crippen LogP contribution in [0.5, 0.6) is 0 Å². The van der Waals surface area contributed by atoms with Gasteiger partial charge in [0.1, 0.15) is 0 Å². The fraction of sp³-hybridized carbons (Fsp3) is 0. The number of benzene rings is 1. The average Bonchev–Trinajstić information content (AvgIpc) is 1.92. The molecule has 0 aliphatic carbocycles. The molecule has 1 aromatic carbocycles. The van der Waals surface area contributed by atoms with Crippen molar-refractivity contribution in [3.63, 3.8) is 0 Å². The zero-order valence-electron chi connectivity index (χ0n) is 5.70. The molecule has 1 rings (SSSR count). The first-order chi connectivity index (χ1) is 5.41. The molecule has 0 N–H and O–H groups in total. The van der Waals surface area contributed by atoms with Gasteiger partial charge in [-0.3, -0.25) is 0 Å². The van der Waals surface area contributed by atoms with Crippen LogP contribution < -0.4 is 5.46 Å². The summed E-state index contributed by atoms with van der Waals surface area (Å²) in [6, 6.07) is 2.92. The number of hydrogen-bond acceptors (Lipinski definition) is 0. The predicted octanol–water partition coefficient (Wildman–Crippen LogP) is 2.48. The third-order valence-electron chi connectivity index (χ3n) is 1.31. The van der Waals surface area contributed by atoms with Crippen molar-refractivity contribution in [2.45, 2.75) is 0 Å². The first-order valence-electron chi connectivity index (χ1n) is 3.06. The minimum Gasteiger partial charge on any atom is -0.445 e. The Morgan fingerprint density at radius 1 is 1.17 bits per heavy atom. The second-order valence-electron chi connectivity index (χ2n) is 2.24. The number of hydrogen-bond donors (Lipinski definition) is 0. The zero-order valence-corrected chi connectivity index (χ0v) is 7.86. The van der Waals surface area contributed by atoms with Crippen LogP contribution in [0.3, 0.4) is 0 Å². The molecular formula is C6H3BF4I-. The maximum atomic E-state index is 12.6. The molecule has 0 aliphatic heterocycles. The van der Waals surface area contributed by atoms with Crippen LogP contribution in [-0.4, -0.2) is 6.98 Å². The van der Waals surface area contributed by atoms with Gasteiger partial charge in [-0.25, -0.2) is 4.39 Å². The smallest absolute Gasteiger partial charge is 0.445 e. The van der Waals surface area contributed by atoms with E-state index in [9.17, 15) is 17.3 Å². The molecule has 0 spiro atoms. The first-order valence-corrected chi connectivity index (χ1v) is 4.14. The van der Waals surface area contributed by atoms with Gasteiger partial charge in [0.05, 0.1) is 5.82 Å². The van der Waals surface area contributed by atoms with Crippen LogP contribution in [0.4, 0.5) is 17.3 Å². The molecule has 0 unspecified atom stereocenters. The predicted molar refractivity (Wildman–Crippen MR) is 47.8 cm³/mol. The Morgan fingerprint density at radius 2 is 1.75 bits per heavy atom. The van der Waals surface area contributed by atoms with Crippen LogP contribution >= 0.6 is 22.6 Å². The lowest BCUT2D eigenvalue weighted by Crippen LogP contribution is -2.36. The molecule has 0 fully saturated rings. The molecule has 0 radical (unpaired) electrons. The lowest BCUT2D eigenvalue weighted by Gasteiger charge is -2.15. The summed E-state index contributed by atoms with van der Waals surface area (Å²) in [6.45, 7) is -5.23. The van der Waals surface area contributed by atoms with Gasteiger partial charge in [-0.15, -0.1) is 0 Å². The lowest BCUT2D eigenvalue weighted by atomic mass is 9.80. The molecule has 0 nitrogen and oxygen atoms in total. The highest BCUT2D eigenvalue weighted by molar-refractivity contribution is 14.1. The average molecular weight is 289 g/mol. The maximum Gasteiger partial charge on any atom is 0.512 e. The number of rotatable bonds is 1. The second kappa shape index (κ2) is 3.23. The van der Waals surface area contributed by atoms with Gasteiger partial charge in [0.25, 0.3) is 0 Å². The van der Waals surface area contributed by atoms with Crippen molar-refractivity contribution in [1.29, 1.82) is 0 Å². The molecule has 66 valence electrons. The molecular weight excluding hydrogens is 286 g/mol. The van der Waals surface area contributed by atoms with E-state index in [1.165, 1.54) is 6.07 Å². The van der Waals surface area contributed by atoms with Crippen molar-refractivity contribution in [3.05, 3.63) is 27.6 Å². The second-order valence-corrected chi connectivity index (χ2v) is 3.49. The van der Waals surface area contributed by atoms with Crippen LogP contribution in [0, 0.1) is 9.39 Å². The van der Waals surface area contributed by atoms with Crippen molar-refractivity contribution < 1.29 is 17.3 Å². The van der Waals surface area contributed by atoms with Crippen LogP contribution in [0.1, 0.15) is 0 Å². The summed E-state index contributed by atoms with van der Waals surface area (Å²) >= 11 is 1.71. The normalized spacial score (nSPS) is 11.8. The van der Waals surface area contributed by atoms with Crippen LogP contribution in [0.25, 0.3) is 0 Å². The summed E-state index contributed by atoms with van der Waals surface area (Å²) in [5.74, 6) is -1.21. The fourth-order valence-corrected chi connectivity index (χ4v) is 1.28. The standard InChI is InChI=1S/C6H3BF4I/c8-6-2-1-4(12)3-5(6)7(9,10)11/h1-3H/q-1. The van der Waals surface area contributed by atoms with Crippen LogP contribution in [-0.2, 0) is 0 Å². The van der Waals surface area contributed by atoms with Crippen molar-refractivity contribution in [3.8, 4) is 0 Å². The summed E-state index contributed by atoms with van der Waals surface area (Å²) in [7, 11) is 0. The van der Waals surface area contributed by atoms with E-state index in [4.69, 9.17) is 0 Å². The summed E-state index contributed by atoms with van der Waals surface area (Å²) in [4.78, 5) is 0. The monoisotopic (exact) mass is 289 g/mol. The molecule has 0 atom stereocenters. The highest BCUT2D eigenvalue weighted by Crippen LogP contribution is 2.13. The Morgan fingerprint density at radius 3 is 2.17 bits per heavy atom. The van der Waals surface area contributed by atoms with E-state index in [0.29, 0.717) is 3.57 Å². The summed E-state index contributed by atoms with van der Waals surface area (Å²) in [5, 5.41) is 0. The van der Waals surface area contributed by atoms with Gasteiger partial charge in [0, 0.05) is 3.57 Å². The minimum absolute atomic E-state index is 0.378. The van der Waals surface area contributed by atoms with Gasteiger partial charge < -0.3 is 12.9 Å². The lowest BCUT2D eigenvalue weighted by molar-refractivity contribution is 0.494. The molecule has 0 aliphatic rings. The topological polar surface area (TPSA) is 0 Å². The molecule has 0 bridgehead atoms. The Labute approximate surface area is 80.2 Å². The molecule has 0 saturated heterocycles. The molecule has 0 aromatic heterocycles. The Balaban J connectivity index is 3.23. The third kappa shape index (κ3) is 2.12. The Bertz CT molecular complexity index is 296. The van der Waals surface area contributed by atoms with Crippen molar-refractivity contribution in [1.82, 2.24) is 0 Å². The van der Waals surface area contributed by atoms with Gasteiger partial charge in [-0.2, -0.15) is 0 Å². The van der Waals surface area contributed by atoms with Crippen molar-refractivity contribution in [2.75, 3.05) is 0 Å². The van der Waals surface area contributed by atoms with E-state index in [0.717, 1.165) is 12.1 Å². The van der Waals surface area contributed by atoms with Gasteiger partial charge in [0.15, 0.2) is 0 Å². The quantitative estimate of drug-likeness (QED) is 0.423. The Hall–Kier alpha value is -0.265. The van der Waals surface area contributed by atoms with Gasteiger partial charge in [0.2, 0.25) is 0 Å². The highest BCUT2D eigenvalue weighted by atomic mass is 127. The summed E-state index contributed by atoms with van der Waals surface area (Å²) in [5.41, 5.74) is -1.15. The largest absolute Gasteiger partial charge is 0.512 e. The van der Waals surface area contributed by atoms with E-state index < -0.39 is 18.3 Å². The summed E-state index contributed by atoms with van der Waals surface area (Å²) < 4.78 is 49.1. The molecule has 0 heterocycles. The van der Waals surface area contributed by atoms with E-state index in [1.54, 1.807) is 22.6 Å². The third-order valence-corrected chi connectivity index (χ3v) is 1.98.